The van der Waals surface area contributed by atoms with Crippen molar-refractivity contribution in [3.05, 3.63) is 65.7 Å². The van der Waals surface area contributed by atoms with E-state index < -0.39 is 0 Å². The lowest BCUT2D eigenvalue weighted by molar-refractivity contribution is -0.116. The second-order valence-corrected chi connectivity index (χ2v) is 5.94. The molecule has 0 unspecified atom stereocenters. The Morgan fingerprint density at radius 2 is 1.56 bits per heavy atom. The number of rotatable bonds is 8. The predicted octanol–water partition coefficient (Wildman–Crippen LogP) is 4.13. The van der Waals surface area contributed by atoms with Crippen LogP contribution in [0.3, 0.4) is 0 Å². The smallest absolute Gasteiger partial charge is 0.253 e. The monoisotopic (exact) mass is 338 g/mol. The van der Waals surface area contributed by atoms with Gasteiger partial charge in [0.05, 0.1) is 0 Å². The van der Waals surface area contributed by atoms with E-state index in [0.29, 0.717) is 25.1 Å². The van der Waals surface area contributed by atoms with Crippen LogP contribution < -0.4 is 5.32 Å². The van der Waals surface area contributed by atoms with Crippen LogP contribution in [-0.4, -0.2) is 29.8 Å². The van der Waals surface area contributed by atoms with Crippen molar-refractivity contribution in [3.8, 4) is 0 Å². The zero-order chi connectivity index (χ0) is 18.1. The van der Waals surface area contributed by atoms with E-state index in [1.54, 1.807) is 29.2 Å². The largest absolute Gasteiger partial charge is 0.339 e. The maximum Gasteiger partial charge on any atom is 0.253 e. The molecule has 0 fully saturated rings. The Balaban J connectivity index is 1.82. The van der Waals surface area contributed by atoms with Gasteiger partial charge in [-0.2, -0.15) is 0 Å². The maximum atomic E-state index is 12.3. The molecule has 25 heavy (non-hydrogen) atoms. The van der Waals surface area contributed by atoms with E-state index in [1.165, 1.54) is 5.56 Å². The summed E-state index contributed by atoms with van der Waals surface area (Å²) in [6, 6.07) is 17.3. The molecule has 2 aromatic rings. The summed E-state index contributed by atoms with van der Waals surface area (Å²) in [7, 11) is 0. The van der Waals surface area contributed by atoms with Gasteiger partial charge in [-0.3, -0.25) is 9.59 Å². The number of nitrogens with one attached hydrogen (secondary N) is 1. The van der Waals surface area contributed by atoms with E-state index in [-0.39, 0.29) is 11.8 Å². The second kappa shape index (κ2) is 9.62. The lowest BCUT2D eigenvalue weighted by Crippen LogP contribution is -2.30. The molecule has 0 heterocycles. The van der Waals surface area contributed by atoms with E-state index in [4.69, 9.17) is 0 Å². The van der Waals surface area contributed by atoms with Crippen LogP contribution in [0.1, 0.15) is 42.6 Å². The first-order valence-corrected chi connectivity index (χ1v) is 8.87. The zero-order valence-corrected chi connectivity index (χ0v) is 15.0. The van der Waals surface area contributed by atoms with Crippen molar-refractivity contribution in [2.75, 3.05) is 18.4 Å². The fourth-order valence-corrected chi connectivity index (χ4v) is 2.71. The Labute approximate surface area is 149 Å². The molecule has 4 heteroatoms. The molecular weight excluding hydrogens is 312 g/mol. The van der Waals surface area contributed by atoms with Crippen LogP contribution in [0.25, 0.3) is 0 Å². The average molecular weight is 338 g/mol. The molecule has 2 amide bonds. The normalized spacial score (nSPS) is 10.3. The van der Waals surface area contributed by atoms with Gasteiger partial charge in [0, 0.05) is 30.8 Å². The summed E-state index contributed by atoms with van der Waals surface area (Å²) >= 11 is 0. The third-order valence-electron chi connectivity index (χ3n) is 4.18. The zero-order valence-electron chi connectivity index (χ0n) is 15.0. The average Bonchev–Trinajstić information content (AvgIpc) is 2.64. The lowest BCUT2D eigenvalue weighted by atomic mass is 10.1. The summed E-state index contributed by atoms with van der Waals surface area (Å²) in [6.45, 7) is 5.31. The first kappa shape index (κ1) is 18.7. The minimum Gasteiger partial charge on any atom is -0.339 e. The van der Waals surface area contributed by atoms with Gasteiger partial charge in [-0.1, -0.05) is 30.3 Å². The predicted molar refractivity (Wildman–Crippen MR) is 102 cm³/mol. The summed E-state index contributed by atoms with van der Waals surface area (Å²) < 4.78 is 0. The van der Waals surface area contributed by atoms with Crippen molar-refractivity contribution in [3.63, 3.8) is 0 Å². The molecule has 0 aliphatic heterocycles. The first-order chi connectivity index (χ1) is 12.1. The van der Waals surface area contributed by atoms with Crippen LogP contribution >= 0.6 is 0 Å². The van der Waals surface area contributed by atoms with Gasteiger partial charge >= 0.3 is 0 Å². The lowest BCUT2D eigenvalue weighted by Gasteiger charge is -2.18. The molecule has 1 N–H and O–H groups in total. The summed E-state index contributed by atoms with van der Waals surface area (Å²) in [5.74, 6) is 0.0180. The van der Waals surface area contributed by atoms with E-state index in [1.807, 2.05) is 32.0 Å². The van der Waals surface area contributed by atoms with Gasteiger partial charge in [0.2, 0.25) is 5.91 Å². The summed E-state index contributed by atoms with van der Waals surface area (Å²) in [5.41, 5.74) is 2.61. The van der Waals surface area contributed by atoms with Crippen molar-refractivity contribution in [2.45, 2.75) is 33.1 Å². The van der Waals surface area contributed by atoms with Crippen LogP contribution in [0.15, 0.2) is 54.6 Å². The molecule has 0 aliphatic rings. The second-order valence-electron chi connectivity index (χ2n) is 5.94. The molecule has 0 saturated heterocycles. The molecule has 0 spiro atoms. The molecular formula is C21H26N2O2. The highest BCUT2D eigenvalue weighted by Gasteiger charge is 2.12. The minimum absolute atomic E-state index is 0.00116. The standard InChI is InChI=1S/C21H26N2O2/c1-3-23(4-2)21(25)18-13-15-19(16-14-18)22-20(24)12-8-11-17-9-6-5-7-10-17/h5-7,9-10,13-16H,3-4,8,11-12H2,1-2H3,(H,22,24). The highest BCUT2D eigenvalue weighted by Crippen LogP contribution is 2.13. The number of benzene rings is 2. The topological polar surface area (TPSA) is 49.4 Å². The molecule has 0 atom stereocenters. The van der Waals surface area contributed by atoms with Crippen LogP contribution in [-0.2, 0) is 11.2 Å². The number of anilines is 1. The van der Waals surface area contributed by atoms with Gasteiger partial charge in [0.1, 0.15) is 0 Å². The minimum atomic E-state index is -0.00116. The number of aryl methyl sites for hydroxylation is 1. The van der Waals surface area contributed by atoms with Crippen LogP contribution in [0.5, 0.6) is 0 Å². The molecule has 0 radical (unpaired) electrons. The molecule has 2 rings (SSSR count). The van der Waals surface area contributed by atoms with E-state index >= 15 is 0 Å². The summed E-state index contributed by atoms with van der Waals surface area (Å²) in [5, 5.41) is 2.89. The molecule has 0 aromatic heterocycles. The van der Waals surface area contributed by atoms with Crippen molar-refractivity contribution in [2.24, 2.45) is 0 Å². The third-order valence-corrected chi connectivity index (χ3v) is 4.18. The number of amides is 2. The van der Waals surface area contributed by atoms with Gasteiger partial charge in [0.15, 0.2) is 0 Å². The highest BCUT2D eigenvalue weighted by molar-refractivity contribution is 5.95. The molecule has 0 aliphatic carbocycles. The SMILES string of the molecule is CCN(CC)C(=O)c1ccc(NC(=O)CCCc2ccccc2)cc1. The Bertz CT molecular complexity index is 677. The molecule has 132 valence electrons. The van der Waals surface area contributed by atoms with Gasteiger partial charge in [-0.05, 0) is 56.5 Å². The Kier molecular flexibility index (Phi) is 7.20. The van der Waals surface area contributed by atoms with Crippen LogP contribution in [0.2, 0.25) is 0 Å². The molecule has 4 nitrogen and oxygen atoms in total. The van der Waals surface area contributed by atoms with Crippen molar-refractivity contribution in [1.29, 1.82) is 0 Å². The first-order valence-electron chi connectivity index (χ1n) is 8.87. The summed E-state index contributed by atoms with van der Waals surface area (Å²) in [6.07, 6.45) is 2.19. The number of nitrogens with zero attached hydrogens (tertiary/aromatic N) is 1. The number of carbonyl (C=O) groups is 2. The maximum absolute atomic E-state index is 12.3. The van der Waals surface area contributed by atoms with Gasteiger partial charge in [-0.25, -0.2) is 0 Å². The van der Waals surface area contributed by atoms with Crippen molar-refractivity contribution >= 4 is 17.5 Å². The van der Waals surface area contributed by atoms with Crippen LogP contribution in [0.4, 0.5) is 5.69 Å². The fourth-order valence-electron chi connectivity index (χ4n) is 2.71. The van der Waals surface area contributed by atoms with E-state index in [9.17, 15) is 9.59 Å². The van der Waals surface area contributed by atoms with E-state index in [0.717, 1.165) is 18.5 Å². The Morgan fingerprint density at radius 1 is 0.920 bits per heavy atom. The summed E-state index contributed by atoms with van der Waals surface area (Å²) in [4.78, 5) is 26.1. The van der Waals surface area contributed by atoms with Gasteiger partial charge in [0.25, 0.3) is 5.91 Å². The molecule has 2 aromatic carbocycles. The van der Waals surface area contributed by atoms with Crippen LogP contribution in [0, 0.1) is 0 Å². The number of hydrogen-bond acceptors (Lipinski definition) is 2. The third kappa shape index (κ3) is 5.75. The Hall–Kier alpha value is -2.62. The Morgan fingerprint density at radius 3 is 2.16 bits per heavy atom. The quantitative estimate of drug-likeness (QED) is 0.787. The van der Waals surface area contributed by atoms with Gasteiger partial charge in [-0.15, -0.1) is 0 Å². The number of hydrogen-bond donors (Lipinski definition) is 1. The molecule has 0 bridgehead atoms. The number of carbonyl (C=O) groups excluding carboxylic acids is 2. The van der Waals surface area contributed by atoms with Crippen molar-refractivity contribution in [1.82, 2.24) is 4.90 Å². The molecule has 0 saturated carbocycles. The highest BCUT2D eigenvalue weighted by atomic mass is 16.2. The van der Waals surface area contributed by atoms with Crippen molar-refractivity contribution < 1.29 is 9.59 Å². The van der Waals surface area contributed by atoms with Gasteiger partial charge < -0.3 is 10.2 Å². The van der Waals surface area contributed by atoms with E-state index in [2.05, 4.69) is 17.4 Å². The fraction of sp³-hybridized carbons (Fsp3) is 0.333.